The Balaban J connectivity index is 1.99. The van der Waals surface area contributed by atoms with Crippen LogP contribution in [0.1, 0.15) is 51.5 Å². The predicted molar refractivity (Wildman–Crippen MR) is 124 cm³/mol. The summed E-state index contributed by atoms with van der Waals surface area (Å²) >= 11 is 6.63. The number of rotatable bonds is 9. The molecule has 2 aromatic rings. The highest BCUT2D eigenvalue weighted by molar-refractivity contribution is 8.26. The van der Waals surface area contributed by atoms with Crippen LogP contribution in [-0.2, 0) is 4.79 Å². The van der Waals surface area contributed by atoms with Crippen LogP contribution in [0.25, 0.3) is 11.7 Å². The highest BCUT2D eigenvalue weighted by Crippen LogP contribution is 2.33. The van der Waals surface area contributed by atoms with Crippen molar-refractivity contribution in [3.8, 4) is 0 Å². The van der Waals surface area contributed by atoms with Gasteiger partial charge in [-0.1, -0.05) is 63.2 Å². The summed E-state index contributed by atoms with van der Waals surface area (Å²) in [6, 6.07) is 5.44. The third kappa shape index (κ3) is 4.87. The van der Waals surface area contributed by atoms with Crippen molar-refractivity contribution in [2.75, 3.05) is 18.4 Å². The van der Waals surface area contributed by atoms with Gasteiger partial charge in [0.1, 0.15) is 15.8 Å². The van der Waals surface area contributed by atoms with Gasteiger partial charge in [0.2, 0.25) is 0 Å². The molecule has 6 nitrogen and oxygen atoms in total. The molecule has 3 rings (SSSR count). The van der Waals surface area contributed by atoms with Crippen LogP contribution < -0.4 is 10.9 Å². The number of pyridine rings is 1. The SMILES string of the molecule is CCCCCNc1nc2ccccn2c(=O)c1/C=C1/SC(=S)N(CCCC)C1=O. The lowest BCUT2D eigenvalue weighted by molar-refractivity contribution is -0.122. The summed E-state index contributed by atoms with van der Waals surface area (Å²) in [6.45, 7) is 5.55. The zero-order chi connectivity index (χ0) is 20.8. The number of carbonyl (C=O) groups excluding carboxylic acids is 1. The minimum absolute atomic E-state index is 0.136. The Morgan fingerprint density at radius 1 is 1.17 bits per heavy atom. The number of hydrogen-bond donors (Lipinski definition) is 1. The van der Waals surface area contributed by atoms with Crippen molar-refractivity contribution in [2.45, 2.75) is 46.0 Å². The number of amides is 1. The first-order chi connectivity index (χ1) is 14.1. The van der Waals surface area contributed by atoms with Gasteiger partial charge in [-0.2, -0.15) is 0 Å². The van der Waals surface area contributed by atoms with Crippen molar-refractivity contribution in [3.63, 3.8) is 0 Å². The number of thioether (sulfide) groups is 1. The van der Waals surface area contributed by atoms with Gasteiger partial charge in [0.25, 0.3) is 11.5 Å². The second kappa shape index (κ2) is 10.0. The van der Waals surface area contributed by atoms with E-state index in [1.165, 1.54) is 16.2 Å². The normalized spacial score (nSPS) is 15.7. The van der Waals surface area contributed by atoms with Crippen LogP contribution in [0, 0.1) is 0 Å². The number of nitrogens with one attached hydrogen (secondary N) is 1. The van der Waals surface area contributed by atoms with Gasteiger partial charge in [-0.3, -0.25) is 18.9 Å². The van der Waals surface area contributed by atoms with E-state index in [0.717, 1.165) is 38.6 Å². The Kier molecular flexibility index (Phi) is 7.44. The summed E-state index contributed by atoms with van der Waals surface area (Å²) in [5, 5.41) is 3.29. The van der Waals surface area contributed by atoms with E-state index in [1.807, 2.05) is 6.07 Å². The maximum Gasteiger partial charge on any atom is 0.267 e. The van der Waals surface area contributed by atoms with Crippen molar-refractivity contribution in [1.29, 1.82) is 0 Å². The standard InChI is InChI=1S/C21H26N4O2S2/c1-3-5-8-11-22-18-15(19(26)24-13-9-7-10-17(24)23-18)14-16-20(27)25(12-6-4-2)21(28)29-16/h7,9-10,13-14,22H,3-6,8,11-12H2,1-2H3/b16-14+. The number of carbonyl (C=O) groups is 1. The molecule has 1 saturated heterocycles. The fourth-order valence-corrected chi connectivity index (χ4v) is 4.38. The van der Waals surface area contributed by atoms with Crippen molar-refractivity contribution in [1.82, 2.24) is 14.3 Å². The number of unbranched alkanes of at least 4 members (excludes halogenated alkanes) is 3. The minimum Gasteiger partial charge on any atom is -0.369 e. The van der Waals surface area contributed by atoms with Crippen molar-refractivity contribution < 1.29 is 4.79 Å². The van der Waals surface area contributed by atoms with E-state index in [0.29, 0.717) is 32.8 Å². The van der Waals surface area contributed by atoms with Crippen LogP contribution in [-0.4, -0.2) is 37.6 Å². The van der Waals surface area contributed by atoms with Crippen molar-refractivity contribution in [2.24, 2.45) is 0 Å². The predicted octanol–water partition coefficient (Wildman–Crippen LogP) is 4.30. The van der Waals surface area contributed by atoms with Gasteiger partial charge in [-0.25, -0.2) is 4.98 Å². The summed E-state index contributed by atoms with van der Waals surface area (Å²) in [5.74, 6) is 0.374. The number of nitrogens with zero attached hydrogens (tertiary/aromatic N) is 3. The summed E-state index contributed by atoms with van der Waals surface area (Å²) in [6.07, 6.45) is 8.41. The zero-order valence-electron chi connectivity index (χ0n) is 16.8. The number of fused-ring (bicyclic) bond motifs is 1. The first kappa shape index (κ1) is 21.5. The molecule has 3 heterocycles. The molecule has 29 heavy (non-hydrogen) atoms. The second-order valence-electron chi connectivity index (χ2n) is 6.93. The molecule has 1 aliphatic rings. The molecule has 1 fully saturated rings. The third-order valence-corrected chi connectivity index (χ3v) is 6.10. The molecule has 0 saturated carbocycles. The molecule has 0 radical (unpaired) electrons. The first-order valence-electron chi connectivity index (χ1n) is 10.1. The third-order valence-electron chi connectivity index (χ3n) is 4.73. The molecule has 1 amide bonds. The molecule has 1 N–H and O–H groups in total. The quantitative estimate of drug-likeness (QED) is 0.364. The number of aromatic nitrogens is 2. The molecular weight excluding hydrogens is 404 g/mol. The van der Waals surface area contributed by atoms with E-state index < -0.39 is 0 Å². The lowest BCUT2D eigenvalue weighted by Gasteiger charge is -2.13. The highest BCUT2D eigenvalue weighted by atomic mass is 32.2. The largest absolute Gasteiger partial charge is 0.369 e. The Bertz CT molecular complexity index is 1000. The Hall–Kier alpha value is -2.19. The van der Waals surface area contributed by atoms with Gasteiger partial charge in [0, 0.05) is 19.3 Å². The van der Waals surface area contributed by atoms with Gasteiger partial charge in [-0.15, -0.1) is 0 Å². The van der Waals surface area contributed by atoms with Gasteiger partial charge in [0.05, 0.1) is 10.5 Å². The van der Waals surface area contributed by atoms with Crippen LogP contribution in [0.2, 0.25) is 0 Å². The van der Waals surface area contributed by atoms with E-state index in [9.17, 15) is 9.59 Å². The lowest BCUT2D eigenvalue weighted by Crippen LogP contribution is -2.29. The Morgan fingerprint density at radius 2 is 1.97 bits per heavy atom. The molecule has 0 unspecified atom stereocenters. The van der Waals surface area contributed by atoms with Gasteiger partial charge in [-0.05, 0) is 31.1 Å². The van der Waals surface area contributed by atoms with Crippen LogP contribution in [0.3, 0.4) is 0 Å². The maximum atomic E-state index is 13.1. The van der Waals surface area contributed by atoms with Crippen LogP contribution in [0.5, 0.6) is 0 Å². The monoisotopic (exact) mass is 430 g/mol. The van der Waals surface area contributed by atoms with Crippen LogP contribution in [0.15, 0.2) is 34.1 Å². The molecule has 0 aliphatic carbocycles. The zero-order valence-corrected chi connectivity index (χ0v) is 18.4. The lowest BCUT2D eigenvalue weighted by atomic mass is 10.2. The van der Waals surface area contributed by atoms with E-state index in [-0.39, 0.29) is 11.5 Å². The number of anilines is 1. The van der Waals surface area contributed by atoms with Gasteiger partial charge in [0.15, 0.2) is 0 Å². The molecule has 0 spiro atoms. The fourth-order valence-electron chi connectivity index (χ4n) is 3.09. The average molecular weight is 431 g/mol. The topological polar surface area (TPSA) is 66.7 Å². The maximum absolute atomic E-state index is 13.1. The van der Waals surface area contributed by atoms with Crippen molar-refractivity contribution >= 4 is 51.7 Å². The van der Waals surface area contributed by atoms with E-state index >= 15 is 0 Å². The Morgan fingerprint density at radius 3 is 2.72 bits per heavy atom. The first-order valence-corrected chi connectivity index (χ1v) is 11.3. The average Bonchev–Trinajstić information content (AvgIpc) is 2.99. The van der Waals surface area contributed by atoms with E-state index in [2.05, 4.69) is 24.1 Å². The van der Waals surface area contributed by atoms with Gasteiger partial charge < -0.3 is 5.32 Å². The fraction of sp³-hybridized carbons (Fsp3) is 0.429. The Labute approximate surface area is 180 Å². The summed E-state index contributed by atoms with van der Waals surface area (Å²) in [5.41, 5.74) is 0.761. The molecule has 1 aliphatic heterocycles. The summed E-state index contributed by atoms with van der Waals surface area (Å²) in [4.78, 5) is 32.7. The number of thiocarbonyl (C=S) groups is 1. The highest BCUT2D eigenvalue weighted by Gasteiger charge is 2.32. The van der Waals surface area contributed by atoms with Crippen LogP contribution in [0.4, 0.5) is 5.82 Å². The molecule has 154 valence electrons. The smallest absolute Gasteiger partial charge is 0.267 e. The second-order valence-corrected chi connectivity index (χ2v) is 8.60. The van der Waals surface area contributed by atoms with Crippen LogP contribution >= 0.6 is 24.0 Å². The molecule has 2 aromatic heterocycles. The number of hydrogen-bond acceptors (Lipinski definition) is 6. The molecule has 0 atom stereocenters. The molecular formula is C21H26N4O2S2. The van der Waals surface area contributed by atoms with E-state index in [4.69, 9.17) is 12.2 Å². The summed E-state index contributed by atoms with van der Waals surface area (Å²) in [7, 11) is 0. The minimum atomic E-state index is -0.201. The molecule has 0 bridgehead atoms. The summed E-state index contributed by atoms with van der Waals surface area (Å²) < 4.78 is 2.04. The molecule has 8 heteroatoms. The molecule has 0 aromatic carbocycles. The van der Waals surface area contributed by atoms with Crippen molar-refractivity contribution in [3.05, 3.63) is 45.2 Å². The van der Waals surface area contributed by atoms with Gasteiger partial charge >= 0.3 is 0 Å². The van der Waals surface area contributed by atoms with E-state index in [1.54, 1.807) is 29.3 Å².